The van der Waals surface area contributed by atoms with Crippen LogP contribution in [0, 0.1) is 6.92 Å². The molecule has 5 nitrogen and oxygen atoms in total. The third-order valence-electron chi connectivity index (χ3n) is 5.73. The number of carbonyl (C=O) groups excluding carboxylic acids is 2. The molecule has 176 valence electrons. The first-order valence-electron chi connectivity index (χ1n) is 10.7. The van der Waals surface area contributed by atoms with E-state index < -0.39 is 35.2 Å². The minimum Gasteiger partial charge on any atom is -0.503 e. The van der Waals surface area contributed by atoms with E-state index in [1.165, 1.54) is 17.0 Å². The lowest BCUT2D eigenvalue weighted by molar-refractivity contribution is -0.137. The van der Waals surface area contributed by atoms with Gasteiger partial charge in [0.25, 0.3) is 5.91 Å². The first-order valence-corrected chi connectivity index (χ1v) is 10.7. The Kier molecular flexibility index (Phi) is 6.32. The minimum atomic E-state index is -4.54. The highest BCUT2D eigenvalue weighted by molar-refractivity contribution is 6.08. The van der Waals surface area contributed by atoms with E-state index in [2.05, 4.69) is 0 Å². The first kappa shape index (κ1) is 23.4. The predicted octanol–water partition coefficient (Wildman–Crippen LogP) is 5.70. The molecular weight excluding hydrogens is 447 g/mol. The number of carbonyl (C=O) groups is 2. The zero-order chi connectivity index (χ0) is 24.5. The number of alkyl halides is 3. The van der Waals surface area contributed by atoms with Gasteiger partial charge in [0, 0.05) is 13.0 Å². The van der Waals surface area contributed by atoms with Crippen molar-refractivity contribution in [3.63, 3.8) is 0 Å². The standard InChI is InChI=1S/C26H22F3NO4/c1-16-10-13-21(34-16)23-22(20(31)12-11-17-6-3-2-4-7-17)24(32)25(33)30(23)15-18-8-5-9-19(14-18)26(27,28)29/h2-10,13-14,23,32H,11-12,15H2,1H3. The summed E-state index contributed by atoms with van der Waals surface area (Å²) in [7, 11) is 0. The average molecular weight is 469 g/mol. The van der Waals surface area contributed by atoms with Crippen LogP contribution in [0.5, 0.6) is 0 Å². The molecule has 34 heavy (non-hydrogen) atoms. The topological polar surface area (TPSA) is 70.8 Å². The Morgan fingerprint density at radius 2 is 1.74 bits per heavy atom. The van der Waals surface area contributed by atoms with Crippen molar-refractivity contribution in [1.82, 2.24) is 4.90 Å². The summed E-state index contributed by atoms with van der Waals surface area (Å²) in [4.78, 5) is 27.3. The molecule has 8 heteroatoms. The number of halogens is 3. The van der Waals surface area contributed by atoms with Crippen LogP contribution in [0.3, 0.4) is 0 Å². The highest BCUT2D eigenvalue weighted by Crippen LogP contribution is 2.40. The van der Waals surface area contributed by atoms with Crippen LogP contribution in [-0.4, -0.2) is 21.7 Å². The summed E-state index contributed by atoms with van der Waals surface area (Å²) < 4.78 is 45.2. The van der Waals surface area contributed by atoms with Crippen LogP contribution in [0.25, 0.3) is 0 Å². The van der Waals surface area contributed by atoms with Crippen molar-refractivity contribution in [3.05, 3.63) is 106 Å². The zero-order valence-corrected chi connectivity index (χ0v) is 18.3. The maximum atomic E-state index is 13.2. The summed E-state index contributed by atoms with van der Waals surface area (Å²) in [6, 6.07) is 16.1. The van der Waals surface area contributed by atoms with Crippen molar-refractivity contribution in [2.24, 2.45) is 0 Å². The van der Waals surface area contributed by atoms with E-state index >= 15 is 0 Å². The molecule has 0 saturated carbocycles. The van der Waals surface area contributed by atoms with Gasteiger partial charge in [0.05, 0.1) is 11.1 Å². The Morgan fingerprint density at radius 1 is 1.03 bits per heavy atom. The molecule has 0 bridgehead atoms. The third kappa shape index (κ3) is 4.76. The number of hydrogen-bond donors (Lipinski definition) is 1. The van der Waals surface area contributed by atoms with E-state index in [1.807, 2.05) is 30.3 Å². The van der Waals surface area contributed by atoms with Crippen LogP contribution in [0.2, 0.25) is 0 Å². The van der Waals surface area contributed by atoms with Gasteiger partial charge < -0.3 is 14.4 Å². The van der Waals surface area contributed by atoms with Crippen molar-refractivity contribution in [3.8, 4) is 0 Å². The number of aliphatic hydroxyl groups is 1. The number of furan rings is 1. The lowest BCUT2D eigenvalue weighted by Gasteiger charge is -2.25. The average Bonchev–Trinajstić information content (AvgIpc) is 3.34. The van der Waals surface area contributed by atoms with Crippen LogP contribution in [0.4, 0.5) is 13.2 Å². The molecule has 1 unspecified atom stereocenters. The second kappa shape index (κ2) is 9.21. The SMILES string of the molecule is Cc1ccc(C2C(C(=O)CCc3ccccc3)=C(O)C(=O)N2Cc2cccc(C(F)(F)F)c2)o1. The smallest absolute Gasteiger partial charge is 0.416 e. The molecule has 1 amide bonds. The number of ketones is 1. The fourth-order valence-corrected chi connectivity index (χ4v) is 4.08. The van der Waals surface area contributed by atoms with E-state index in [0.29, 0.717) is 12.2 Å². The maximum absolute atomic E-state index is 13.2. The Bertz CT molecular complexity index is 1240. The summed E-state index contributed by atoms with van der Waals surface area (Å²) >= 11 is 0. The second-order valence-electron chi connectivity index (χ2n) is 8.15. The molecule has 2 heterocycles. The molecule has 1 aliphatic rings. The van der Waals surface area contributed by atoms with E-state index in [-0.39, 0.29) is 29.9 Å². The van der Waals surface area contributed by atoms with Crippen LogP contribution < -0.4 is 0 Å². The number of aryl methyl sites for hydroxylation is 2. The van der Waals surface area contributed by atoms with Crippen molar-refractivity contribution in [1.29, 1.82) is 0 Å². The van der Waals surface area contributed by atoms with Crippen molar-refractivity contribution < 1.29 is 32.3 Å². The molecule has 1 aromatic heterocycles. The largest absolute Gasteiger partial charge is 0.503 e. The molecule has 0 radical (unpaired) electrons. The Balaban J connectivity index is 1.65. The van der Waals surface area contributed by atoms with Gasteiger partial charge in [0.2, 0.25) is 0 Å². The molecule has 0 spiro atoms. The lowest BCUT2D eigenvalue weighted by atomic mass is 9.96. The van der Waals surface area contributed by atoms with E-state index in [0.717, 1.165) is 17.7 Å². The molecule has 1 N–H and O–H groups in total. The number of rotatable bonds is 7. The maximum Gasteiger partial charge on any atom is 0.416 e. The highest BCUT2D eigenvalue weighted by atomic mass is 19.4. The summed E-state index contributed by atoms with van der Waals surface area (Å²) in [5.41, 5.74) is 0.175. The molecule has 3 aromatic rings. The normalized spacial score (nSPS) is 16.4. The van der Waals surface area contributed by atoms with E-state index in [4.69, 9.17) is 4.42 Å². The summed E-state index contributed by atoms with van der Waals surface area (Å²) in [6.07, 6.45) is -4.09. The van der Waals surface area contributed by atoms with Crippen molar-refractivity contribution in [2.75, 3.05) is 0 Å². The Hall–Kier alpha value is -3.81. The van der Waals surface area contributed by atoms with Crippen LogP contribution in [-0.2, 0) is 28.7 Å². The van der Waals surface area contributed by atoms with Crippen LogP contribution in [0.1, 0.15) is 40.7 Å². The van der Waals surface area contributed by atoms with Gasteiger partial charge in [-0.05, 0) is 48.7 Å². The van der Waals surface area contributed by atoms with Crippen molar-refractivity contribution >= 4 is 11.7 Å². The lowest BCUT2D eigenvalue weighted by Crippen LogP contribution is -2.30. The van der Waals surface area contributed by atoms with Gasteiger partial charge in [-0.3, -0.25) is 9.59 Å². The Labute approximate surface area is 194 Å². The van der Waals surface area contributed by atoms with Gasteiger partial charge in [0.15, 0.2) is 11.5 Å². The van der Waals surface area contributed by atoms with Gasteiger partial charge >= 0.3 is 6.18 Å². The molecule has 0 aliphatic carbocycles. The van der Waals surface area contributed by atoms with Gasteiger partial charge in [-0.1, -0.05) is 42.5 Å². The fraction of sp³-hybridized carbons (Fsp3) is 0.231. The number of benzene rings is 2. The minimum absolute atomic E-state index is 0.0459. The molecule has 0 fully saturated rings. The van der Waals surface area contributed by atoms with Gasteiger partial charge in [-0.25, -0.2) is 0 Å². The molecule has 4 rings (SSSR count). The van der Waals surface area contributed by atoms with Crippen LogP contribution >= 0.6 is 0 Å². The number of nitrogens with zero attached hydrogens (tertiary/aromatic N) is 1. The molecule has 1 aliphatic heterocycles. The van der Waals surface area contributed by atoms with E-state index in [9.17, 15) is 27.9 Å². The Morgan fingerprint density at radius 3 is 2.38 bits per heavy atom. The summed E-state index contributed by atoms with van der Waals surface area (Å²) in [5.74, 6) is -1.18. The van der Waals surface area contributed by atoms with Gasteiger partial charge in [0.1, 0.15) is 17.6 Å². The number of amides is 1. The van der Waals surface area contributed by atoms with Gasteiger partial charge in [-0.2, -0.15) is 13.2 Å². The molecule has 2 aromatic carbocycles. The third-order valence-corrected chi connectivity index (χ3v) is 5.73. The first-order chi connectivity index (χ1) is 16.1. The zero-order valence-electron chi connectivity index (χ0n) is 18.3. The fourth-order valence-electron chi connectivity index (χ4n) is 4.08. The summed E-state index contributed by atoms with van der Waals surface area (Å²) in [6.45, 7) is 1.45. The molecular formula is C26H22F3NO4. The van der Waals surface area contributed by atoms with Gasteiger partial charge in [-0.15, -0.1) is 0 Å². The summed E-state index contributed by atoms with van der Waals surface area (Å²) in [5, 5.41) is 10.6. The number of hydrogen-bond acceptors (Lipinski definition) is 4. The number of Topliss-reactive ketones (excluding diaryl/α,β-unsaturated/α-hetero) is 1. The quantitative estimate of drug-likeness (QED) is 0.482. The second-order valence-corrected chi connectivity index (χ2v) is 8.15. The molecule has 0 saturated heterocycles. The monoisotopic (exact) mass is 469 g/mol. The van der Waals surface area contributed by atoms with Crippen LogP contribution in [0.15, 0.2) is 82.5 Å². The van der Waals surface area contributed by atoms with E-state index in [1.54, 1.807) is 19.1 Å². The highest BCUT2D eigenvalue weighted by Gasteiger charge is 2.45. The number of aliphatic hydroxyl groups excluding tert-OH is 1. The van der Waals surface area contributed by atoms with Crippen molar-refractivity contribution in [2.45, 2.75) is 38.5 Å². The molecule has 1 atom stereocenters. The predicted molar refractivity (Wildman–Crippen MR) is 118 cm³/mol.